The van der Waals surface area contributed by atoms with Crippen molar-refractivity contribution in [2.24, 2.45) is 5.92 Å². The molecule has 4 N–H and O–H groups in total. The normalized spacial score (nSPS) is 13.8. The number of hydrogen-bond donors (Lipinski definition) is 3. The molecule has 0 heterocycles. The number of nitrogen functional groups attached to an aromatic ring is 1. The van der Waals surface area contributed by atoms with Crippen molar-refractivity contribution in [3.8, 4) is 0 Å². The summed E-state index contributed by atoms with van der Waals surface area (Å²) >= 11 is 2.99. The van der Waals surface area contributed by atoms with E-state index in [-0.39, 0.29) is 27.6 Å². The lowest BCUT2D eigenvalue weighted by Gasteiger charge is -2.20. The van der Waals surface area contributed by atoms with Gasteiger partial charge in [-0.3, -0.25) is 0 Å². The van der Waals surface area contributed by atoms with E-state index in [2.05, 4.69) is 20.7 Å². The molecule has 0 radical (unpaired) electrons. The first-order valence-corrected chi connectivity index (χ1v) is 7.84. The molecule has 1 rings (SSSR count). The lowest BCUT2D eigenvalue weighted by Crippen LogP contribution is -2.41. The molecule has 0 saturated heterocycles. The van der Waals surface area contributed by atoms with Crippen molar-refractivity contribution in [2.75, 3.05) is 12.3 Å². The zero-order valence-electron chi connectivity index (χ0n) is 10.5. The molecule has 5 nitrogen and oxygen atoms in total. The molecular formula is C11H16BrFN2O3S. The first-order chi connectivity index (χ1) is 8.69. The van der Waals surface area contributed by atoms with E-state index < -0.39 is 21.9 Å². The van der Waals surface area contributed by atoms with Gasteiger partial charge in [0.15, 0.2) is 0 Å². The maximum Gasteiger partial charge on any atom is 0.242 e. The van der Waals surface area contributed by atoms with Crippen LogP contribution in [0.2, 0.25) is 0 Å². The van der Waals surface area contributed by atoms with Crippen LogP contribution >= 0.6 is 15.9 Å². The second-order valence-electron chi connectivity index (χ2n) is 4.46. The SMILES string of the molecule is CC(C)C(CO)NS(=O)(=O)c1cc(N)c(F)cc1Br. The number of benzene rings is 1. The quantitative estimate of drug-likeness (QED) is 0.698. The maximum atomic E-state index is 13.2. The van der Waals surface area contributed by atoms with Crippen LogP contribution in [0.3, 0.4) is 0 Å². The van der Waals surface area contributed by atoms with Gasteiger partial charge < -0.3 is 10.8 Å². The highest BCUT2D eigenvalue weighted by molar-refractivity contribution is 9.10. The fourth-order valence-corrected chi connectivity index (χ4v) is 3.82. The van der Waals surface area contributed by atoms with Gasteiger partial charge in [-0.25, -0.2) is 17.5 Å². The smallest absolute Gasteiger partial charge is 0.242 e. The minimum absolute atomic E-state index is 0.0761. The van der Waals surface area contributed by atoms with Crippen LogP contribution in [0.15, 0.2) is 21.5 Å². The van der Waals surface area contributed by atoms with Gasteiger partial charge in [-0.2, -0.15) is 0 Å². The number of halogens is 2. The van der Waals surface area contributed by atoms with Crippen molar-refractivity contribution in [1.82, 2.24) is 4.72 Å². The third-order valence-electron chi connectivity index (χ3n) is 2.65. The van der Waals surface area contributed by atoms with Gasteiger partial charge in [-0.15, -0.1) is 0 Å². The Morgan fingerprint density at radius 2 is 2.05 bits per heavy atom. The molecule has 0 spiro atoms. The second kappa shape index (κ2) is 6.17. The van der Waals surface area contributed by atoms with Gasteiger partial charge in [0.25, 0.3) is 0 Å². The molecular weight excluding hydrogens is 339 g/mol. The summed E-state index contributed by atoms with van der Waals surface area (Å²) in [5.41, 5.74) is 5.12. The highest BCUT2D eigenvalue weighted by Crippen LogP contribution is 2.27. The van der Waals surface area contributed by atoms with Crippen molar-refractivity contribution < 1.29 is 17.9 Å². The molecule has 1 atom stereocenters. The molecule has 8 heteroatoms. The summed E-state index contributed by atoms with van der Waals surface area (Å²) in [6, 6.07) is 1.41. The number of aliphatic hydroxyl groups is 1. The van der Waals surface area contributed by atoms with Crippen LogP contribution in [-0.4, -0.2) is 26.2 Å². The highest BCUT2D eigenvalue weighted by atomic mass is 79.9. The fourth-order valence-electron chi connectivity index (χ4n) is 1.40. The highest BCUT2D eigenvalue weighted by Gasteiger charge is 2.24. The zero-order chi connectivity index (χ0) is 14.8. The van der Waals surface area contributed by atoms with Gasteiger partial charge >= 0.3 is 0 Å². The second-order valence-corrected chi connectivity index (χ2v) is 7.00. The monoisotopic (exact) mass is 354 g/mol. The molecule has 0 aromatic heterocycles. The predicted octanol–water partition coefficient (Wildman–Crippen LogP) is 1.47. The van der Waals surface area contributed by atoms with E-state index in [4.69, 9.17) is 10.8 Å². The summed E-state index contributed by atoms with van der Waals surface area (Å²) in [4.78, 5) is -0.162. The minimum Gasteiger partial charge on any atom is -0.396 e. The Labute approximate surface area is 120 Å². The predicted molar refractivity (Wildman–Crippen MR) is 74.5 cm³/mol. The third kappa shape index (κ3) is 3.88. The summed E-state index contributed by atoms with van der Waals surface area (Å²) in [5.74, 6) is -0.787. The molecule has 0 saturated carbocycles. The van der Waals surface area contributed by atoms with Gasteiger partial charge in [0.2, 0.25) is 10.0 Å². The van der Waals surface area contributed by atoms with Crippen molar-refractivity contribution in [3.63, 3.8) is 0 Å². The summed E-state index contributed by atoms with van der Waals surface area (Å²) in [5, 5.41) is 9.15. The average Bonchev–Trinajstić information content (AvgIpc) is 2.30. The van der Waals surface area contributed by atoms with Gasteiger partial charge in [0.1, 0.15) is 5.82 Å². The van der Waals surface area contributed by atoms with Crippen LogP contribution in [0.4, 0.5) is 10.1 Å². The molecule has 0 aliphatic heterocycles. The number of sulfonamides is 1. The summed E-state index contributed by atoms with van der Waals surface area (Å²) in [6.07, 6.45) is 0. The lowest BCUT2D eigenvalue weighted by molar-refractivity contribution is 0.227. The molecule has 108 valence electrons. The Kier molecular flexibility index (Phi) is 5.31. The number of nitrogens with one attached hydrogen (secondary N) is 1. The fraction of sp³-hybridized carbons (Fsp3) is 0.455. The van der Waals surface area contributed by atoms with E-state index in [0.717, 1.165) is 12.1 Å². The van der Waals surface area contributed by atoms with Crippen LogP contribution in [0.5, 0.6) is 0 Å². The van der Waals surface area contributed by atoms with E-state index >= 15 is 0 Å². The Morgan fingerprint density at radius 1 is 1.47 bits per heavy atom. The molecule has 1 aromatic rings. The molecule has 1 aromatic carbocycles. The Morgan fingerprint density at radius 3 is 2.53 bits per heavy atom. The first kappa shape index (κ1) is 16.4. The number of hydrogen-bond acceptors (Lipinski definition) is 4. The maximum absolute atomic E-state index is 13.2. The summed E-state index contributed by atoms with van der Waals surface area (Å²) in [6.45, 7) is 3.22. The number of aliphatic hydroxyl groups excluding tert-OH is 1. The first-order valence-electron chi connectivity index (χ1n) is 5.56. The Balaban J connectivity index is 3.17. The van der Waals surface area contributed by atoms with Crippen LogP contribution in [0.1, 0.15) is 13.8 Å². The molecule has 0 bridgehead atoms. The molecule has 19 heavy (non-hydrogen) atoms. The van der Waals surface area contributed by atoms with E-state index in [1.54, 1.807) is 13.8 Å². The number of nitrogens with two attached hydrogens (primary N) is 1. The average molecular weight is 355 g/mol. The van der Waals surface area contributed by atoms with E-state index in [0.29, 0.717) is 0 Å². The Hall–Kier alpha value is -0.700. The van der Waals surface area contributed by atoms with Crippen LogP contribution < -0.4 is 10.5 Å². The van der Waals surface area contributed by atoms with Crippen LogP contribution in [-0.2, 0) is 10.0 Å². The largest absolute Gasteiger partial charge is 0.396 e. The lowest BCUT2D eigenvalue weighted by atomic mass is 10.1. The summed E-state index contributed by atoms with van der Waals surface area (Å²) in [7, 11) is -3.89. The van der Waals surface area contributed by atoms with Crippen molar-refractivity contribution in [2.45, 2.75) is 24.8 Å². The topological polar surface area (TPSA) is 92.4 Å². The molecule has 0 amide bonds. The van der Waals surface area contributed by atoms with Crippen LogP contribution in [0.25, 0.3) is 0 Å². The van der Waals surface area contributed by atoms with Crippen molar-refractivity contribution in [1.29, 1.82) is 0 Å². The van der Waals surface area contributed by atoms with Gasteiger partial charge in [-0.1, -0.05) is 13.8 Å². The van der Waals surface area contributed by atoms with Gasteiger partial charge in [0.05, 0.1) is 17.2 Å². The van der Waals surface area contributed by atoms with Crippen molar-refractivity contribution >= 4 is 31.6 Å². The molecule has 0 aliphatic rings. The molecule has 1 unspecified atom stereocenters. The van der Waals surface area contributed by atoms with E-state index in [9.17, 15) is 12.8 Å². The summed E-state index contributed by atoms with van der Waals surface area (Å²) < 4.78 is 40.0. The number of anilines is 1. The third-order valence-corrected chi connectivity index (χ3v) is 5.10. The zero-order valence-corrected chi connectivity index (χ0v) is 12.9. The standard InChI is InChI=1S/C11H16BrFN2O3S/c1-6(2)10(5-16)15-19(17,18)11-4-9(14)8(13)3-7(11)12/h3-4,6,10,15-16H,5,14H2,1-2H3. The Bertz CT molecular complexity index is 563. The van der Waals surface area contributed by atoms with Gasteiger partial charge in [0, 0.05) is 10.5 Å². The molecule has 0 aliphatic carbocycles. The van der Waals surface area contributed by atoms with Crippen LogP contribution in [0, 0.1) is 11.7 Å². The van der Waals surface area contributed by atoms with Gasteiger partial charge in [-0.05, 0) is 34.0 Å². The van der Waals surface area contributed by atoms with E-state index in [1.807, 2.05) is 0 Å². The number of rotatable bonds is 5. The minimum atomic E-state index is -3.89. The van der Waals surface area contributed by atoms with Crippen molar-refractivity contribution in [3.05, 3.63) is 22.4 Å². The van der Waals surface area contributed by atoms with E-state index in [1.165, 1.54) is 0 Å². The molecule has 0 fully saturated rings.